The van der Waals surface area contributed by atoms with E-state index >= 15 is 9.59 Å². The van der Waals surface area contributed by atoms with E-state index in [2.05, 4.69) is 16.7 Å². The van der Waals surface area contributed by atoms with Gasteiger partial charge >= 0.3 is 0 Å². The Balaban J connectivity index is 0.997. The molecule has 2 aromatic rings. The fourth-order valence-corrected chi connectivity index (χ4v) is 21.6. The summed E-state index contributed by atoms with van der Waals surface area (Å²) < 4.78 is 13.5. The number of allylic oxidation sites excluding steroid dienone is 7. The number of dihydropyridines is 1. The van der Waals surface area contributed by atoms with Gasteiger partial charge in [-0.2, -0.15) is 0 Å². The first-order valence-corrected chi connectivity index (χ1v) is 28.7. The third kappa shape index (κ3) is 5.91. The van der Waals surface area contributed by atoms with Crippen LogP contribution in [0.1, 0.15) is 96.1 Å². The van der Waals surface area contributed by atoms with Gasteiger partial charge in [-0.15, -0.1) is 0 Å². The molecule has 73 heavy (non-hydrogen) atoms. The molecule has 3 spiro atoms. The second kappa shape index (κ2) is 16.4. The highest BCUT2D eigenvalue weighted by Gasteiger charge is 2.82. The van der Waals surface area contributed by atoms with Gasteiger partial charge in [0, 0.05) is 53.2 Å². The van der Waals surface area contributed by atoms with E-state index in [1.807, 2.05) is 24.3 Å². The van der Waals surface area contributed by atoms with Crippen LogP contribution in [0.3, 0.4) is 0 Å². The lowest BCUT2D eigenvalue weighted by atomic mass is 9.42. The molecule has 15 aliphatic rings. The minimum absolute atomic E-state index is 0.000318. The number of aliphatic hydroxyl groups is 7. The van der Waals surface area contributed by atoms with Crippen molar-refractivity contribution < 1.29 is 59.6 Å². The van der Waals surface area contributed by atoms with Crippen molar-refractivity contribution in [1.29, 1.82) is 0 Å². The summed E-state index contributed by atoms with van der Waals surface area (Å²) in [5.41, 5.74) is -0.594. The molecule has 4 saturated carbocycles. The second-order valence-electron chi connectivity index (χ2n) is 23.6. The number of fused-ring (bicyclic) bond motifs is 1. The van der Waals surface area contributed by atoms with Gasteiger partial charge in [-0.1, -0.05) is 76.6 Å². The maximum Gasteiger partial charge on any atom is 0.229 e. The molecule has 0 aromatic heterocycles. The van der Waals surface area contributed by atoms with Crippen LogP contribution in [0, 0.1) is 57.7 Å². The van der Waals surface area contributed by atoms with Crippen molar-refractivity contribution >= 4 is 39.4 Å². The second-order valence-corrected chi connectivity index (χ2v) is 26.3. The number of Topliss-reactive ketones (excluding diaryl/α,β-unsaturated/α-hetero) is 2. The summed E-state index contributed by atoms with van der Waals surface area (Å²) >= 11 is 0. The van der Waals surface area contributed by atoms with Crippen LogP contribution in [0.15, 0.2) is 100 Å². The van der Waals surface area contributed by atoms with E-state index in [9.17, 15) is 40.5 Å². The van der Waals surface area contributed by atoms with E-state index in [1.165, 1.54) is 38.8 Å². The minimum atomic E-state index is -2.35. The Hall–Kier alpha value is -4.23. The van der Waals surface area contributed by atoms with Gasteiger partial charge in [-0.05, 0) is 132 Å². The molecule has 2 aromatic carbocycles. The maximum absolute atomic E-state index is 16.2. The van der Waals surface area contributed by atoms with Crippen LogP contribution in [0.5, 0.6) is 5.75 Å². The third-order valence-corrected chi connectivity index (χ3v) is 23.9. The molecule has 17 rings (SSSR count). The van der Waals surface area contributed by atoms with Crippen molar-refractivity contribution in [3.05, 3.63) is 122 Å². The number of nitrogens with one attached hydrogen (secondary N) is 2. The Bertz CT molecular complexity index is 2950. The number of carbonyl (C=O) groups excluding carboxylic acids is 3. The van der Waals surface area contributed by atoms with Crippen LogP contribution in [0.2, 0.25) is 0 Å². The largest absolute Gasteiger partial charge is 0.511 e. The average Bonchev–Trinajstić information content (AvgIpc) is 3.87. The molecular formula is C57H62N2O12S2. The summed E-state index contributed by atoms with van der Waals surface area (Å²) in [7, 11) is 2.96. The van der Waals surface area contributed by atoms with Crippen LogP contribution in [0.4, 0.5) is 0 Å². The predicted molar refractivity (Wildman–Crippen MR) is 269 cm³/mol. The van der Waals surface area contributed by atoms with Crippen molar-refractivity contribution in [3.63, 3.8) is 0 Å². The number of aldehydes is 1. The molecule has 6 heterocycles. The normalized spacial score (nSPS) is 44.1. The quantitative estimate of drug-likeness (QED) is 0.121. The number of hydrogen-bond donors (Lipinski definition) is 9. The standard InChI is InChI=1S/C57H62N2O12S2/c60-12-4-10-41-56-37(15-29(16-40(56)64)14-27-5-1-6-28(13-27)24-61)46(65)35-8-2-9-38(44(35)48(56)66)70-51-49(67)57(69)47-32(21-54(26-63,71-51)52(57)68)17-30-18-34-22-53(11-3-7-33(53)25-62)39-19-31-20-42(73-72-41)59-50-43(31)45(55(34,39)47)36(30)23-58-50/h1-2,5-6,8-9,13,15-16,19,25,30,32-34,37,39,41-42,47,49,51-52,58-61,63-64,67-69H,3-4,7,10-12,14,17-18,20-24,26H2. The molecule has 14 nitrogen and oxygen atoms in total. The zero-order valence-electron chi connectivity index (χ0n) is 40.4. The topological polar surface area (TPSA) is 235 Å². The summed E-state index contributed by atoms with van der Waals surface area (Å²) in [6.45, 7) is -0.530. The summed E-state index contributed by atoms with van der Waals surface area (Å²) in [5.74, 6) is -3.25. The first-order valence-electron chi connectivity index (χ1n) is 26.5. The van der Waals surface area contributed by atoms with Gasteiger partial charge in [0.1, 0.15) is 52.4 Å². The van der Waals surface area contributed by atoms with Crippen LogP contribution in [-0.4, -0.2) is 114 Å². The minimum Gasteiger partial charge on any atom is -0.511 e. The van der Waals surface area contributed by atoms with Gasteiger partial charge < -0.3 is 60.6 Å². The van der Waals surface area contributed by atoms with Gasteiger partial charge in [0.2, 0.25) is 6.29 Å². The van der Waals surface area contributed by atoms with E-state index in [1.54, 1.807) is 24.3 Å². The molecule has 0 radical (unpaired) electrons. The van der Waals surface area contributed by atoms with E-state index in [0.29, 0.717) is 36.9 Å². The van der Waals surface area contributed by atoms with Crippen molar-refractivity contribution in [2.45, 2.75) is 118 Å². The van der Waals surface area contributed by atoms with Crippen molar-refractivity contribution in [2.75, 3.05) is 19.8 Å². The lowest BCUT2D eigenvalue weighted by Crippen LogP contribution is -2.81. The molecule has 17 unspecified atom stereocenters. The Morgan fingerprint density at radius 1 is 0.986 bits per heavy atom. The molecule has 5 fully saturated rings. The third-order valence-electron chi connectivity index (χ3n) is 20.7. The smallest absolute Gasteiger partial charge is 0.229 e. The first kappa shape index (κ1) is 47.2. The molecule has 13 bridgehead atoms. The lowest BCUT2D eigenvalue weighted by molar-refractivity contribution is -0.393. The Morgan fingerprint density at radius 2 is 1.82 bits per heavy atom. The highest BCUT2D eigenvalue weighted by molar-refractivity contribution is 8.77. The maximum atomic E-state index is 16.2. The summed E-state index contributed by atoms with van der Waals surface area (Å²) in [4.78, 5) is 45.2. The molecule has 9 aliphatic carbocycles. The molecule has 1 saturated heterocycles. The predicted octanol–water partition coefficient (Wildman–Crippen LogP) is 5.28. The number of ether oxygens (including phenoxy) is 2. The van der Waals surface area contributed by atoms with Gasteiger partial charge in [-0.3, -0.25) is 9.59 Å². The van der Waals surface area contributed by atoms with Gasteiger partial charge in [0.05, 0.1) is 30.1 Å². The summed E-state index contributed by atoms with van der Waals surface area (Å²) in [6.07, 6.45) is 7.72. The highest BCUT2D eigenvalue weighted by atomic mass is 33.1. The molecule has 0 amide bonds. The van der Waals surface area contributed by atoms with Crippen LogP contribution < -0.4 is 15.4 Å². The average molecular weight is 1030 g/mol. The monoisotopic (exact) mass is 1030 g/mol. The Kier molecular flexibility index (Phi) is 10.6. The van der Waals surface area contributed by atoms with Crippen molar-refractivity contribution in [1.82, 2.24) is 10.6 Å². The van der Waals surface area contributed by atoms with E-state index < -0.39 is 81.2 Å². The molecule has 16 heteroatoms. The zero-order valence-corrected chi connectivity index (χ0v) is 42.0. The number of aliphatic hydroxyl groups excluding tert-OH is 6. The van der Waals surface area contributed by atoms with Crippen molar-refractivity contribution in [3.8, 4) is 5.75 Å². The molecular weight excluding hydrogens is 969 g/mol. The molecule has 9 N–H and O–H groups in total. The molecule has 6 aliphatic heterocycles. The van der Waals surface area contributed by atoms with E-state index in [-0.39, 0.29) is 90.1 Å². The fraction of sp³-hybridized carbons (Fsp3) is 0.561. The number of benzene rings is 2. The Labute approximate surface area is 430 Å². The van der Waals surface area contributed by atoms with Crippen LogP contribution >= 0.6 is 21.6 Å². The first-order chi connectivity index (χ1) is 35.3. The molecule has 384 valence electrons. The summed E-state index contributed by atoms with van der Waals surface area (Å²) in [6, 6.07) is 12.1. The molecule has 17 atom stereocenters. The zero-order chi connectivity index (χ0) is 50.1. The van der Waals surface area contributed by atoms with Gasteiger partial charge in [0.25, 0.3) is 0 Å². The summed E-state index contributed by atoms with van der Waals surface area (Å²) in [5, 5.41) is 91.7. The van der Waals surface area contributed by atoms with E-state index in [0.717, 1.165) is 60.9 Å². The van der Waals surface area contributed by atoms with Gasteiger partial charge in [-0.25, -0.2) is 0 Å². The van der Waals surface area contributed by atoms with Gasteiger partial charge in [0.15, 0.2) is 11.6 Å². The van der Waals surface area contributed by atoms with Crippen molar-refractivity contribution in [2.24, 2.45) is 57.7 Å². The van der Waals surface area contributed by atoms with Crippen LogP contribution in [0.25, 0.3) is 0 Å². The number of carbonyl (C=O) groups is 3. The Morgan fingerprint density at radius 3 is 2.63 bits per heavy atom. The number of hydrogen-bond acceptors (Lipinski definition) is 16. The SMILES string of the molecule is O=CC1CCCC12CC1CC3CC4CC5(CO)OC6Oc7cccc8c7C(=O)C7(C(O)=CC(Cc9cccc(CO)c9)=CC7C8=O)C(CCCO)SSC7CC8=CC2C1(C1=C3CNC(=C81)N7)C4C(O)(C6O)C5O. The van der Waals surface area contributed by atoms with E-state index in [4.69, 9.17) is 9.47 Å². The highest BCUT2D eigenvalue weighted by Crippen LogP contribution is 2.81. The lowest BCUT2D eigenvalue weighted by Gasteiger charge is -2.67. The fourth-order valence-electron chi connectivity index (χ4n) is 18.2. The number of rotatable bonds is 8. The van der Waals surface area contributed by atoms with Crippen LogP contribution in [-0.2, 0) is 22.6 Å². The number of ketones is 2.